The van der Waals surface area contributed by atoms with Crippen LogP contribution in [0.2, 0.25) is 0 Å². The van der Waals surface area contributed by atoms with Crippen LogP contribution in [-0.2, 0) is 19.1 Å². The summed E-state index contributed by atoms with van der Waals surface area (Å²) >= 11 is 1.67. The molecule has 7 nitrogen and oxygen atoms in total. The van der Waals surface area contributed by atoms with Crippen molar-refractivity contribution in [2.75, 3.05) is 26.3 Å². The molecule has 0 aromatic carbocycles. The number of carbonyl (C=O) groups excluding carboxylic acids is 3. The van der Waals surface area contributed by atoms with Crippen molar-refractivity contribution in [2.45, 2.75) is 81.4 Å². The van der Waals surface area contributed by atoms with Gasteiger partial charge < -0.3 is 19.6 Å². The van der Waals surface area contributed by atoms with Gasteiger partial charge in [0.05, 0.1) is 16.6 Å². The maximum absolute atomic E-state index is 14.3. The molecule has 8 heteroatoms. The van der Waals surface area contributed by atoms with Crippen molar-refractivity contribution < 1.29 is 24.2 Å². The molecular weight excluding hydrogens is 464 g/mol. The zero-order valence-corrected chi connectivity index (χ0v) is 22.3. The predicted molar refractivity (Wildman–Crippen MR) is 139 cm³/mol. The van der Waals surface area contributed by atoms with Gasteiger partial charge in [-0.2, -0.15) is 0 Å². The van der Waals surface area contributed by atoms with Crippen LogP contribution < -0.4 is 0 Å². The van der Waals surface area contributed by atoms with E-state index in [1.807, 2.05) is 4.90 Å². The fourth-order valence-electron chi connectivity index (χ4n) is 6.47. The minimum absolute atomic E-state index is 0.0241. The molecule has 3 heterocycles. The lowest BCUT2D eigenvalue weighted by Crippen LogP contribution is -2.58. The van der Waals surface area contributed by atoms with Crippen LogP contribution in [0.1, 0.15) is 59.3 Å². The Morgan fingerprint density at radius 2 is 2.06 bits per heavy atom. The Balaban J connectivity index is 2.01. The van der Waals surface area contributed by atoms with Crippen LogP contribution in [0.5, 0.6) is 0 Å². The molecule has 7 atom stereocenters. The van der Waals surface area contributed by atoms with Crippen LogP contribution in [0.3, 0.4) is 0 Å². The van der Waals surface area contributed by atoms with Crippen LogP contribution in [0.4, 0.5) is 0 Å². The highest BCUT2D eigenvalue weighted by molar-refractivity contribution is 8.02. The Bertz CT molecular complexity index is 819. The van der Waals surface area contributed by atoms with E-state index >= 15 is 0 Å². The molecule has 1 N–H and O–H groups in total. The van der Waals surface area contributed by atoms with Crippen molar-refractivity contribution in [3.8, 4) is 0 Å². The van der Waals surface area contributed by atoms with E-state index < -0.39 is 22.6 Å². The molecular formula is C27H42N2O5S. The van der Waals surface area contributed by atoms with Gasteiger partial charge in [-0.3, -0.25) is 14.4 Å². The molecule has 4 unspecified atom stereocenters. The van der Waals surface area contributed by atoms with Gasteiger partial charge in [-0.05, 0) is 44.9 Å². The monoisotopic (exact) mass is 506 g/mol. The van der Waals surface area contributed by atoms with Gasteiger partial charge in [0.25, 0.3) is 0 Å². The van der Waals surface area contributed by atoms with Crippen molar-refractivity contribution >= 4 is 29.5 Å². The normalized spacial score (nSPS) is 31.8. The Labute approximate surface area is 214 Å². The number of aliphatic hydroxyl groups is 1. The topological polar surface area (TPSA) is 87.2 Å². The van der Waals surface area contributed by atoms with Crippen molar-refractivity contribution in [3.63, 3.8) is 0 Å². The summed E-state index contributed by atoms with van der Waals surface area (Å²) < 4.78 is 4.80. The summed E-state index contributed by atoms with van der Waals surface area (Å²) in [5.41, 5.74) is 0. The summed E-state index contributed by atoms with van der Waals surface area (Å²) in [5.74, 6) is -1.47. The largest absolute Gasteiger partial charge is 0.461 e. The number of amides is 2. The minimum Gasteiger partial charge on any atom is -0.461 e. The highest BCUT2D eigenvalue weighted by Crippen LogP contribution is 2.68. The second-order valence-electron chi connectivity index (χ2n) is 10.2. The number of thioether (sulfide) groups is 1. The first-order valence-electron chi connectivity index (χ1n) is 13.1. The molecule has 3 aliphatic rings. The van der Waals surface area contributed by atoms with E-state index in [2.05, 4.69) is 33.9 Å². The molecule has 35 heavy (non-hydrogen) atoms. The van der Waals surface area contributed by atoms with Crippen molar-refractivity contribution in [1.29, 1.82) is 0 Å². The maximum Gasteiger partial charge on any atom is 0.311 e. The molecule has 2 amide bonds. The fraction of sp³-hybridized carbons (Fsp3) is 0.741. The molecule has 2 bridgehead atoms. The van der Waals surface area contributed by atoms with Crippen molar-refractivity contribution in [3.05, 3.63) is 25.3 Å². The standard InChI is InChI=1S/C27H42N2O5S/c1-6-12-19(5)28(13-7-2)25(32)23-27-18(4)17-20(35-27)21(26(33)34-16-8-3)22(27)24(31)29(23)14-10-9-11-15-30/h7-8,18-23,30H,2-3,6,9-17H2,1,4-5H3/t18?,19?,20-,21+,22-,23?,27?/m0/s1. The van der Waals surface area contributed by atoms with Gasteiger partial charge in [-0.15, -0.1) is 18.3 Å². The van der Waals surface area contributed by atoms with Crippen LogP contribution in [0.15, 0.2) is 25.3 Å². The zero-order valence-electron chi connectivity index (χ0n) is 21.5. The SMILES string of the molecule is C=CCOC(=O)[C@@H]1[C@@H]2CC(C)C3(S2)C(C(=O)N(CC=C)C(C)CCC)N(CCCCCO)C(=O)[C@H]13. The number of likely N-dealkylation sites (tertiary alicyclic amines) is 1. The lowest BCUT2D eigenvalue weighted by atomic mass is 9.66. The third-order valence-electron chi connectivity index (χ3n) is 8.00. The predicted octanol–water partition coefficient (Wildman–Crippen LogP) is 3.42. The van der Waals surface area contributed by atoms with E-state index in [1.54, 1.807) is 22.7 Å². The number of carbonyl (C=O) groups is 3. The highest BCUT2D eigenvalue weighted by atomic mass is 32.2. The number of unbranched alkanes of at least 4 members (excludes halogenated alkanes) is 2. The molecule has 0 saturated carbocycles. The molecule has 196 valence electrons. The lowest BCUT2D eigenvalue weighted by Gasteiger charge is -2.41. The van der Waals surface area contributed by atoms with Crippen molar-refractivity contribution in [1.82, 2.24) is 9.80 Å². The molecule has 0 aromatic heterocycles. The summed E-state index contributed by atoms with van der Waals surface area (Å²) in [4.78, 5) is 45.1. The Hall–Kier alpha value is -1.80. The average molecular weight is 507 g/mol. The number of nitrogens with zero attached hydrogens (tertiary/aromatic N) is 2. The Kier molecular flexibility index (Phi) is 9.49. The van der Waals surface area contributed by atoms with Crippen LogP contribution in [-0.4, -0.2) is 81.1 Å². The van der Waals surface area contributed by atoms with E-state index in [1.165, 1.54) is 6.08 Å². The van der Waals surface area contributed by atoms with Crippen LogP contribution in [0, 0.1) is 17.8 Å². The second kappa shape index (κ2) is 12.0. The first-order valence-corrected chi connectivity index (χ1v) is 14.0. The molecule has 3 fully saturated rings. The van der Waals surface area contributed by atoms with Gasteiger partial charge in [-0.1, -0.05) is 39.0 Å². The fourth-order valence-corrected chi connectivity index (χ4v) is 8.88. The number of hydrogen-bond acceptors (Lipinski definition) is 6. The maximum atomic E-state index is 14.3. The van der Waals surface area contributed by atoms with Gasteiger partial charge in [0.2, 0.25) is 11.8 Å². The third kappa shape index (κ3) is 4.93. The molecule has 3 aliphatic heterocycles. The Morgan fingerprint density at radius 1 is 1.31 bits per heavy atom. The number of hydrogen-bond donors (Lipinski definition) is 1. The zero-order chi connectivity index (χ0) is 25.8. The number of esters is 1. The summed E-state index contributed by atoms with van der Waals surface area (Å²) in [6, 6.07) is -0.588. The summed E-state index contributed by atoms with van der Waals surface area (Å²) in [6.07, 6.45) is 8.04. The molecule has 0 aromatic rings. The summed E-state index contributed by atoms with van der Waals surface area (Å²) in [6.45, 7) is 14.9. The first kappa shape index (κ1) is 27.8. The summed E-state index contributed by atoms with van der Waals surface area (Å²) in [7, 11) is 0. The first-order chi connectivity index (χ1) is 16.8. The Morgan fingerprint density at radius 3 is 2.69 bits per heavy atom. The van der Waals surface area contributed by atoms with Gasteiger partial charge in [-0.25, -0.2) is 0 Å². The van der Waals surface area contributed by atoms with Gasteiger partial charge in [0.15, 0.2) is 0 Å². The summed E-state index contributed by atoms with van der Waals surface area (Å²) in [5, 5.41) is 9.17. The van der Waals surface area contributed by atoms with Crippen molar-refractivity contribution in [2.24, 2.45) is 17.8 Å². The lowest BCUT2D eigenvalue weighted by molar-refractivity contribution is -0.153. The van der Waals surface area contributed by atoms with Crippen LogP contribution >= 0.6 is 11.8 Å². The number of rotatable bonds is 14. The van der Waals surface area contributed by atoms with E-state index in [4.69, 9.17) is 4.74 Å². The third-order valence-corrected chi connectivity index (χ3v) is 10.1. The average Bonchev–Trinajstić information content (AvgIpc) is 3.42. The highest BCUT2D eigenvalue weighted by Gasteiger charge is 2.76. The van der Waals surface area contributed by atoms with Gasteiger partial charge >= 0.3 is 5.97 Å². The second-order valence-corrected chi connectivity index (χ2v) is 11.8. The van der Waals surface area contributed by atoms with E-state index in [0.29, 0.717) is 25.9 Å². The van der Waals surface area contributed by atoms with Crippen LogP contribution in [0.25, 0.3) is 0 Å². The molecule has 0 aliphatic carbocycles. The van der Waals surface area contributed by atoms with E-state index in [9.17, 15) is 19.5 Å². The van der Waals surface area contributed by atoms with Gasteiger partial charge in [0.1, 0.15) is 12.6 Å². The molecule has 3 rings (SSSR count). The van der Waals surface area contributed by atoms with E-state index in [0.717, 1.165) is 25.7 Å². The molecule has 3 saturated heterocycles. The smallest absolute Gasteiger partial charge is 0.311 e. The van der Waals surface area contributed by atoms with E-state index in [-0.39, 0.29) is 48.2 Å². The molecule has 0 radical (unpaired) electrons. The molecule has 1 spiro atoms. The number of ether oxygens (including phenoxy) is 1. The minimum atomic E-state index is -0.640. The quantitative estimate of drug-likeness (QED) is 0.221. The number of fused-ring (bicyclic) bond motifs is 1. The number of aliphatic hydroxyl groups excluding tert-OH is 1. The van der Waals surface area contributed by atoms with Gasteiger partial charge in [0, 0.05) is 31.0 Å².